The molecule has 0 saturated heterocycles. The van der Waals surface area contributed by atoms with E-state index >= 15 is 0 Å². The number of ether oxygens (including phenoxy) is 1. The fourth-order valence-corrected chi connectivity index (χ4v) is 1.25. The normalized spacial score (nSPS) is 15.5. The van der Waals surface area contributed by atoms with Crippen LogP contribution in [-0.4, -0.2) is 17.0 Å². The topological polar surface area (TPSA) is 75.6 Å². The molecule has 0 aromatic heterocycles. The second kappa shape index (κ2) is 4.63. The minimum Gasteiger partial charge on any atom is -0.478 e. The molecule has 82 valence electrons. The van der Waals surface area contributed by atoms with E-state index in [1.54, 1.807) is 0 Å². The van der Waals surface area contributed by atoms with Gasteiger partial charge in [-0.3, -0.25) is 10.1 Å². The van der Waals surface area contributed by atoms with Gasteiger partial charge in [-0.2, -0.15) is 0 Å². The van der Waals surface area contributed by atoms with Crippen molar-refractivity contribution in [1.82, 2.24) is 5.32 Å². The van der Waals surface area contributed by atoms with Crippen molar-refractivity contribution >= 4 is 11.9 Å². The van der Waals surface area contributed by atoms with Gasteiger partial charge >= 0.3 is 5.97 Å². The van der Waals surface area contributed by atoms with Crippen molar-refractivity contribution in [3.8, 4) is 0 Å². The van der Waals surface area contributed by atoms with Crippen molar-refractivity contribution in [3.63, 3.8) is 0 Å². The number of hydrogen-bond acceptors (Lipinski definition) is 3. The third-order valence-corrected chi connectivity index (χ3v) is 2.04. The van der Waals surface area contributed by atoms with Crippen molar-refractivity contribution in [2.75, 3.05) is 0 Å². The molecule has 1 aliphatic rings. The first kappa shape index (κ1) is 11.3. The second-order valence-electron chi connectivity index (χ2n) is 3.21. The van der Waals surface area contributed by atoms with Crippen LogP contribution in [0.4, 0.5) is 0 Å². The van der Waals surface area contributed by atoms with E-state index in [0.717, 1.165) is 11.8 Å². The van der Waals surface area contributed by atoms with Crippen LogP contribution in [-0.2, 0) is 14.3 Å². The summed E-state index contributed by atoms with van der Waals surface area (Å²) in [6.07, 6.45) is 2.11. The summed E-state index contributed by atoms with van der Waals surface area (Å²) in [6, 6.07) is 0. The second-order valence-corrected chi connectivity index (χ2v) is 3.21. The van der Waals surface area contributed by atoms with E-state index in [1.165, 1.54) is 6.92 Å². The number of carbonyl (C=O) groups is 2. The number of carboxylic acid groups (broad SMARTS) is 1. The molecule has 0 saturated carbocycles. The van der Waals surface area contributed by atoms with Crippen molar-refractivity contribution < 1.29 is 19.4 Å². The smallest absolute Gasteiger partial charge is 0.335 e. The molecule has 0 radical (unpaired) electrons. The number of hydrogen-bond donors (Lipinski definition) is 2. The van der Waals surface area contributed by atoms with Crippen molar-refractivity contribution in [3.05, 3.63) is 23.3 Å². The zero-order valence-corrected chi connectivity index (χ0v) is 8.66. The van der Waals surface area contributed by atoms with E-state index in [4.69, 9.17) is 9.84 Å². The summed E-state index contributed by atoms with van der Waals surface area (Å²) < 4.78 is 5.07. The van der Waals surface area contributed by atoms with Crippen molar-refractivity contribution in [2.24, 2.45) is 0 Å². The average molecular weight is 211 g/mol. The molecule has 0 aliphatic carbocycles. The van der Waals surface area contributed by atoms with Crippen LogP contribution in [0.2, 0.25) is 0 Å². The van der Waals surface area contributed by atoms with Gasteiger partial charge in [-0.1, -0.05) is 6.92 Å². The molecule has 1 heterocycles. The Morgan fingerprint density at radius 3 is 2.73 bits per heavy atom. The molecule has 0 aromatic carbocycles. The summed E-state index contributed by atoms with van der Waals surface area (Å²) in [4.78, 5) is 21.5. The molecule has 0 unspecified atom stereocenters. The molecule has 1 amide bonds. The van der Waals surface area contributed by atoms with Crippen LogP contribution in [0.5, 0.6) is 0 Å². The largest absolute Gasteiger partial charge is 0.478 e. The Hall–Kier alpha value is -1.78. The number of aliphatic carboxylic acids is 1. The monoisotopic (exact) mass is 211 g/mol. The zero-order valence-electron chi connectivity index (χ0n) is 8.66. The SMILES string of the molecule is CCC1=C(NC(C)=O)OC=C(C(=O)O)C1. The predicted molar refractivity (Wildman–Crippen MR) is 52.6 cm³/mol. The Balaban J connectivity index is 2.80. The molecule has 2 N–H and O–H groups in total. The number of nitrogens with one attached hydrogen (secondary N) is 1. The predicted octanol–water partition coefficient (Wildman–Crippen LogP) is 1.13. The summed E-state index contributed by atoms with van der Waals surface area (Å²) in [5.74, 6) is -0.874. The summed E-state index contributed by atoms with van der Waals surface area (Å²) in [6.45, 7) is 3.26. The molecule has 0 fully saturated rings. The van der Waals surface area contributed by atoms with Crippen LogP contribution < -0.4 is 5.32 Å². The minimum absolute atomic E-state index is 0.195. The van der Waals surface area contributed by atoms with Gasteiger partial charge in [0, 0.05) is 13.3 Å². The van der Waals surface area contributed by atoms with E-state index in [1.807, 2.05) is 6.92 Å². The maximum Gasteiger partial charge on any atom is 0.335 e. The van der Waals surface area contributed by atoms with Gasteiger partial charge in [-0.25, -0.2) is 4.79 Å². The Morgan fingerprint density at radius 2 is 2.27 bits per heavy atom. The lowest BCUT2D eigenvalue weighted by atomic mass is 10.0. The van der Waals surface area contributed by atoms with Crippen molar-refractivity contribution in [1.29, 1.82) is 0 Å². The molecule has 0 bridgehead atoms. The highest BCUT2D eigenvalue weighted by molar-refractivity contribution is 5.87. The van der Waals surface area contributed by atoms with Crippen LogP contribution in [0.3, 0.4) is 0 Å². The Morgan fingerprint density at radius 1 is 1.60 bits per heavy atom. The fraction of sp³-hybridized carbons (Fsp3) is 0.400. The van der Waals surface area contributed by atoms with Crippen LogP contribution in [0.1, 0.15) is 26.7 Å². The minimum atomic E-state index is -0.997. The molecule has 5 nitrogen and oxygen atoms in total. The third kappa shape index (κ3) is 2.83. The van der Waals surface area contributed by atoms with Crippen LogP contribution >= 0.6 is 0 Å². The van der Waals surface area contributed by atoms with Gasteiger partial charge < -0.3 is 9.84 Å². The third-order valence-electron chi connectivity index (χ3n) is 2.04. The number of allylic oxidation sites excluding steroid dienone is 1. The molecule has 1 aliphatic heterocycles. The molecule has 0 aromatic rings. The molecule has 15 heavy (non-hydrogen) atoms. The summed E-state index contributed by atoms with van der Waals surface area (Å²) in [7, 11) is 0. The number of rotatable bonds is 3. The lowest BCUT2D eigenvalue weighted by Crippen LogP contribution is -2.24. The highest BCUT2D eigenvalue weighted by atomic mass is 16.5. The maximum absolute atomic E-state index is 10.8. The van der Waals surface area contributed by atoms with E-state index in [-0.39, 0.29) is 11.5 Å². The Bertz CT molecular complexity index is 354. The summed E-state index contributed by atoms with van der Waals surface area (Å²) in [5.41, 5.74) is 0.978. The van der Waals surface area contributed by atoms with E-state index in [0.29, 0.717) is 18.7 Å². The van der Waals surface area contributed by atoms with Gasteiger partial charge in [0.2, 0.25) is 5.91 Å². The highest BCUT2D eigenvalue weighted by Gasteiger charge is 2.19. The Labute approximate surface area is 87.4 Å². The fourth-order valence-electron chi connectivity index (χ4n) is 1.25. The van der Waals surface area contributed by atoms with Gasteiger partial charge in [-0.15, -0.1) is 0 Å². The van der Waals surface area contributed by atoms with E-state index in [9.17, 15) is 9.59 Å². The standard InChI is InChI=1S/C10H13NO4/c1-3-7-4-8(10(13)14)5-15-9(7)11-6(2)12/h5H,3-4H2,1-2H3,(H,11,12)(H,13,14). The zero-order chi connectivity index (χ0) is 11.4. The van der Waals surface area contributed by atoms with Crippen LogP contribution in [0, 0.1) is 0 Å². The van der Waals surface area contributed by atoms with Gasteiger partial charge in [0.1, 0.15) is 6.26 Å². The molecular formula is C10H13NO4. The lowest BCUT2D eigenvalue weighted by Gasteiger charge is -2.18. The van der Waals surface area contributed by atoms with Crippen molar-refractivity contribution in [2.45, 2.75) is 26.7 Å². The highest BCUT2D eigenvalue weighted by Crippen LogP contribution is 2.23. The molecule has 0 atom stereocenters. The quantitative estimate of drug-likeness (QED) is 0.733. The number of amides is 1. The van der Waals surface area contributed by atoms with Crippen LogP contribution in [0.25, 0.3) is 0 Å². The molecule has 5 heteroatoms. The van der Waals surface area contributed by atoms with Gasteiger partial charge in [0.25, 0.3) is 0 Å². The Kier molecular flexibility index (Phi) is 3.49. The van der Waals surface area contributed by atoms with E-state index < -0.39 is 5.97 Å². The number of carbonyl (C=O) groups excluding carboxylic acids is 1. The first-order chi connectivity index (χ1) is 7.04. The summed E-state index contributed by atoms with van der Waals surface area (Å²) in [5, 5.41) is 11.3. The van der Waals surface area contributed by atoms with Gasteiger partial charge in [0.15, 0.2) is 5.88 Å². The molecular weight excluding hydrogens is 198 g/mol. The average Bonchev–Trinajstić information content (AvgIpc) is 2.17. The van der Waals surface area contributed by atoms with Crippen LogP contribution in [0.15, 0.2) is 23.3 Å². The number of carboxylic acids is 1. The van der Waals surface area contributed by atoms with Gasteiger partial charge in [0.05, 0.1) is 5.57 Å². The summed E-state index contributed by atoms with van der Waals surface area (Å²) >= 11 is 0. The van der Waals surface area contributed by atoms with E-state index in [2.05, 4.69) is 5.32 Å². The molecule has 1 rings (SSSR count). The first-order valence-electron chi connectivity index (χ1n) is 4.63. The first-order valence-corrected chi connectivity index (χ1v) is 4.63. The van der Waals surface area contributed by atoms with Gasteiger partial charge in [-0.05, 0) is 12.0 Å². The molecule has 0 spiro atoms. The lowest BCUT2D eigenvalue weighted by molar-refractivity contribution is -0.133. The maximum atomic E-state index is 10.8.